The number of benzene rings is 2. The van der Waals surface area contributed by atoms with E-state index >= 15 is 0 Å². The maximum atomic E-state index is 11.9. The summed E-state index contributed by atoms with van der Waals surface area (Å²) >= 11 is 0. The molecule has 2 aliphatic rings. The van der Waals surface area contributed by atoms with Gasteiger partial charge in [0.15, 0.2) is 9.84 Å². The van der Waals surface area contributed by atoms with E-state index in [-0.39, 0.29) is 23.6 Å². The Morgan fingerprint density at radius 2 is 1.71 bits per heavy atom. The van der Waals surface area contributed by atoms with Gasteiger partial charge in [-0.3, -0.25) is 0 Å². The normalized spacial score (nSPS) is 18.5. The van der Waals surface area contributed by atoms with Crippen LogP contribution in [0.15, 0.2) is 36.4 Å². The van der Waals surface area contributed by atoms with Gasteiger partial charge in [0, 0.05) is 0 Å². The van der Waals surface area contributed by atoms with Crippen LogP contribution >= 0.6 is 0 Å². The Morgan fingerprint density at radius 3 is 2.46 bits per heavy atom. The average Bonchev–Trinajstić information content (AvgIpc) is 2.87. The van der Waals surface area contributed by atoms with E-state index in [0.717, 1.165) is 36.1 Å². The molecule has 1 fully saturated rings. The minimum Gasteiger partial charge on any atom is -0.490 e. The highest BCUT2D eigenvalue weighted by Gasteiger charge is 2.25. The third-order valence-corrected chi connectivity index (χ3v) is 7.31. The van der Waals surface area contributed by atoms with Gasteiger partial charge >= 0.3 is 5.97 Å². The summed E-state index contributed by atoms with van der Waals surface area (Å²) in [6, 6.07) is 11.8. The van der Waals surface area contributed by atoms with Crippen LogP contribution in [0, 0.1) is 0 Å². The molecule has 5 nitrogen and oxygen atoms in total. The largest absolute Gasteiger partial charge is 0.490 e. The van der Waals surface area contributed by atoms with Gasteiger partial charge in [-0.1, -0.05) is 12.1 Å². The highest BCUT2D eigenvalue weighted by atomic mass is 32.2. The summed E-state index contributed by atoms with van der Waals surface area (Å²) in [5.41, 5.74) is 5.18. The molecular formula is C22H24O5S. The van der Waals surface area contributed by atoms with Crippen molar-refractivity contribution in [3.8, 4) is 16.9 Å². The molecule has 0 radical (unpaired) electrons. The summed E-state index contributed by atoms with van der Waals surface area (Å²) in [6.45, 7) is 0. The van der Waals surface area contributed by atoms with Crippen LogP contribution in [0.5, 0.6) is 5.75 Å². The first-order valence-corrected chi connectivity index (χ1v) is 11.5. The Labute approximate surface area is 165 Å². The Morgan fingerprint density at radius 1 is 0.964 bits per heavy atom. The Hall–Kier alpha value is -2.34. The number of rotatable bonds is 3. The van der Waals surface area contributed by atoms with Gasteiger partial charge in [0.25, 0.3) is 0 Å². The second kappa shape index (κ2) is 7.59. The zero-order chi connectivity index (χ0) is 19.7. The van der Waals surface area contributed by atoms with Crippen molar-refractivity contribution in [2.45, 2.75) is 38.2 Å². The first kappa shape index (κ1) is 19.0. The van der Waals surface area contributed by atoms with Gasteiger partial charge < -0.3 is 9.47 Å². The molecule has 1 aliphatic heterocycles. The van der Waals surface area contributed by atoms with Crippen molar-refractivity contribution < 1.29 is 22.7 Å². The molecule has 0 saturated carbocycles. The van der Waals surface area contributed by atoms with E-state index in [1.807, 2.05) is 24.3 Å². The van der Waals surface area contributed by atoms with Crippen LogP contribution < -0.4 is 4.74 Å². The van der Waals surface area contributed by atoms with Crippen molar-refractivity contribution in [3.63, 3.8) is 0 Å². The van der Waals surface area contributed by atoms with E-state index < -0.39 is 9.84 Å². The van der Waals surface area contributed by atoms with Crippen molar-refractivity contribution >= 4 is 15.8 Å². The molecule has 148 valence electrons. The monoisotopic (exact) mass is 400 g/mol. The van der Waals surface area contributed by atoms with Crippen LogP contribution in [0.3, 0.4) is 0 Å². The Kier molecular flexibility index (Phi) is 5.15. The number of hydrogen-bond donors (Lipinski definition) is 0. The molecule has 1 saturated heterocycles. The first-order valence-electron chi connectivity index (χ1n) is 9.67. The minimum absolute atomic E-state index is 0.0504. The summed E-state index contributed by atoms with van der Waals surface area (Å²) < 4.78 is 34.2. The van der Waals surface area contributed by atoms with Gasteiger partial charge in [-0.25, -0.2) is 13.2 Å². The van der Waals surface area contributed by atoms with Crippen LogP contribution in [0.25, 0.3) is 11.1 Å². The van der Waals surface area contributed by atoms with E-state index in [0.29, 0.717) is 18.4 Å². The number of sulfone groups is 1. The number of esters is 1. The number of methoxy groups -OCH3 is 1. The highest BCUT2D eigenvalue weighted by molar-refractivity contribution is 7.91. The molecular weight excluding hydrogens is 376 g/mol. The fraction of sp³-hybridized carbons (Fsp3) is 0.409. The molecule has 0 unspecified atom stereocenters. The Bertz CT molecular complexity index is 996. The number of carbonyl (C=O) groups excluding carboxylic acids is 1. The summed E-state index contributed by atoms with van der Waals surface area (Å²) in [5.74, 6) is 0.856. The molecule has 1 heterocycles. The maximum Gasteiger partial charge on any atom is 0.337 e. The van der Waals surface area contributed by atoms with Crippen molar-refractivity contribution in [1.29, 1.82) is 0 Å². The van der Waals surface area contributed by atoms with E-state index in [9.17, 15) is 13.2 Å². The number of ether oxygens (including phenoxy) is 2. The molecule has 1 aliphatic carbocycles. The molecule has 0 amide bonds. The van der Waals surface area contributed by atoms with Gasteiger partial charge in [0.2, 0.25) is 0 Å². The van der Waals surface area contributed by atoms with Crippen molar-refractivity contribution in [3.05, 3.63) is 53.1 Å². The number of fused-ring (bicyclic) bond motifs is 3. The van der Waals surface area contributed by atoms with E-state index in [4.69, 9.17) is 9.47 Å². The van der Waals surface area contributed by atoms with Gasteiger partial charge in [-0.15, -0.1) is 0 Å². The smallest absolute Gasteiger partial charge is 0.337 e. The molecule has 6 heteroatoms. The number of hydrogen-bond acceptors (Lipinski definition) is 5. The summed E-state index contributed by atoms with van der Waals surface area (Å²) in [7, 11) is -1.50. The number of aryl methyl sites for hydroxylation is 2. The zero-order valence-electron chi connectivity index (χ0n) is 15.9. The third-order valence-electron chi connectivity index (χ3n) is 5.59. The second-order valence-corrected chi connectivity index (χ2v) is 9.81. The fourth-order valence-electron chi connectivity index (χ4n) is 4.05. The van der Waals surface area contributed by atoms with Crippen molar-refractivity contribution in [2.24, 2.45) is 0 Å². The molecule has 0 aromatic heterocycles. The number of carbonyl (C=O) groups is 1. The zero-order valence-corrected chi connectivity index (χ0v) is 16.8. The molecule has 28 heavy (non-hydrogen) atoms. The summed E-state index contributed by atoms with van der Waals surface area (Å²) in [5, 5.41) is 0. The molecule has 4 rings (SSSR count). The first-order chi connectivity index (χ1) is 13.4. The standard InChI is InChI=1S/C22H24O5S/c1-26-22(23)17-6-5-15-3-2-4-16-13-19(7-8-20(16)21(15)14-17)27-18-9-11-28(24,25)12-10-18/h5-8,13-14,18H,2-4,9-12H2,1H3. The van der Waals surface area contributed by atoms with Gasteiger partial charge in [0.05, 0.1) is 24.2 Å². The van der Waals surface area contributed by atoms with Crippen LogP contribution in [-0.4, -0.2) is 39.1 Å². The lowest BCUT2D eigenvalue weighted by Crippen LogP contribution is -2.30. The lowest BCUT2D eigenvalue weighted by atomic mass is 9.94. The van der Waals surface area contributed by atoms with Gasteiger partial charge in [-0.05, 0) is 78.6 Å². The van der Waals surface area contributed by atoms with E-state index in [1.165, 1.54) is 18.2 Å². The van der Waals surface area contributed by atoms with Crippen molar-refractivity contribution in [2.75, 3.05) is 18.6 Å². The molecule has 0 bridgehead atoms. The summed E-state index contributed by atoms with van der Waals surface area (Å²) in [4.78, 5) is 11.9. The SMILES string of the molecule is COC(=O)c1ccc2c(c1)-c1ccc(OC3CCS(=O)(=O)CC3)cc1CCC2. The minimum atomic E-state index is -2.89. The van der Waals surface area contributed by atoms with Crippen LogP contribution in [0.1, 0.15) is 40.7 Å². The molecule has 2 aromatic rings. The topological polar surface area (TPSA) is 69.7 Å². The molecule has 2 aromatic carbocycles. The fourth-order valence-corrected chi connectivity index (χ4v) is 5.50. The molecule has 0 N–H and O–H groups in total. The Balaban J connectivity index is 1.61. The van der Waals surface area contributed by atoms with Crippen molar-refractivity contribution in [1.82, 2.24) is 0 Å². The average molecular weight is 400 g/mol. The van der Waals surface area contributed by atoms with E-state index in [1.54, 1.807) is 0 Å². The van der Waals surface area contributed by atoms with Gasteiger partial charge in [0.1, 0.15) is 11.9 Å². The quantitative estimate of drug-likeness (QED) is 0.737. The van der Waals surface area contributed by atoms with Crippen LogP contribution in [0.4, 0.5) is 0 Å². The predicted octanol–water partition coefficient (Wildman–Crippen LogP) is 3.58. The molecule has 0 atom stereocenters. The van der Waals surface area contributed by atoms with Gasteiger partial charge in [-0.2, -0.15) is 0 Å². The van der Waals surface area contributed by atoms with Crippen LogP contribution in [-0.2, 0) is 27.4 Å². The highest BCUT2D eigenvalue weighted by Crippen LogP contribution is 2.36. The molecule has 0 spiro atoms. The lowest BCUT2D eigenvalue weighted by Gasteiger charge is -2.24. The maximum absolute atomic E-state index is 11.9. The summed E-state index contributed by atoms with van der Waals surface area (Å²) in [6.07, 6.45) is 3.97. The lowest BCUT2D eigenvalue weighted by molar-refractivity contribution is 0.0600. The third kappa shape index (κ3) is 3.92. The van der Waals surface area contributed by atoms with E-state index in [2.05, 4.69) is 12.1 Å². The van der Waals surface area contributed by atoms with Crippen LogP contribution in [0.2, 0.25) is 0 Å². The second-order valence-electron chi connectivity index (χ2n) is 7.51. The predicted molar refractivity (Wildman–Crippen MR) is 108 cm³/mol.